The SMILES string of the molecule is Cc1c(-c2cc([N+](=O)[O-])ccc2Cl)sc2ccccc12. The molecule has 0 atom stereocenters. The van der Waals surface area contributed by atoms with Crippen molar-refractivity contribution in [3.63, 3.8) is 0 Å². The van der Waals surface area contributed by atoms with Gasteiger partial charge in [-0.05, 0) is 30.0 Å². The molecule has 5 heteroatoms. The minimum Gasteiger partial charge on any atom is -0.258 e. The lowest BCUT2D eigenvalue weighted by atomic mass is 10.1. The largest absolute Gasteiger partial charge is 0.270 e. The molecule has 0 saturated carbocycles. The number of aryl methyl sites for hydroxylation is 1. The third-order valence-electron chi connectivity index (χ3n) is 3.25. The molecular formula is C15H10ClNO2S. The lowest BCUT2D eigenvalue weighted by Gasteiger charge is -2.03. The van der Waals surface area contributed by atoms with Gasteiger partial charge in [-0.25, -0.2) is 0 Å². The fourth-order valence-electron chi connectivity index (χ4n) is 2.23. The molecule has 0 radical (unpaired) electrons. The van der Waals surface area contributed by atoms with E-state index >= 15 is 0 Å². The Morgan fingerprint density at radius 3 is 2.65 bits per heavy atom. The van der Waals surface area contributed by atoms with E-state index in [9.17, 15) is 10.1 Å². The monoisotopic (exact) mass is 303 g/mol. The fraction of sp³-hybridized carbons (Fsp3) is 0.0667. The number of hydrogen-bond acceptors (Lipinski definition) is 3. The highest BCUT2D eigenvalue weighted by Crippen LogP contribution is 2.41. The summed E-state index contributed by atoms with van der Waals surface area (Å²) in [6.07, 6.45) is 0. The zero-order valence-corrected chi connectivity index (χ0v) is 12.2. The van der Waals surface area contributed by atoms with Crippen LogP contribution in [-0.4, -0.2) is 4.92 Å². The fourth-order valence-corrected chi connectivity index (χ4v) is 3.74. The Balaban J connectivity index is 2.27. The molecule has 0 bridgehead atoms. The molecule has 0 spiro atoms. The van der Waals surface area contributed by atoms with Crippen LogP contribution in [0.1, 0.15) is 5.56 Å². The Hall–Kier alpha value is -1.91. The van der Waals surface area contributed by atoms with Crippen molar-refractivity contribution in [1.29, 1.82) is 0 Å². The van der Waals surface area contributed by atoms with Gasteiger partial charge in [0.05, 0.1) is 4.92 Å². The maximum Gasteiger partial charge on any atom is 0.270 e. The number of hydrogen-bond donors (Lipinski definition) is 0. The summed E-state index contributed by atoms with van der Waals surface area (Å²) in [6, 6.07) is 12.6. The predicted octanol–water partition coefficient (Wildman–Crippen LogP) is 5.44. The van der Waals surface area contributed by atoms with Crippen LogP contribution in [0.3, 0.4) is 0 Å². The highest BCUT2D eigenvalue weighted by Gasteiger charge is 2.16. The van der Waals surface area contributed by atoms with E-state index in [1.807, 2.05) is 25.1 Å². The second-order valence-electron chi connectivity index (χ2n) is 4.47. The van der Waals surface area contributed by atoms with Crippen molar-refractivity contribution in [2.45, 2.75) is 6.92 Å². The van der Waals surface area contributed by atoms with E-state index in [0.717, 1.165) is 26.1 Å². The summed E-state index contributed by atoms with van der Waals surface area (Å²) in [5.74, 6) is 0. The van der Waals surface area contributed by atoms with Crippen molar-refractivity contribution in [2.24, 2.45) is 0 Å². The van der Waals surface area contributed by atoms with Crippen molar-refractivity contribution >= 4 is 38.7 Å². The minimum absolute atomic E-state index is 0.0567. The highest BCUT2D eigenvalue weighted by atomic mass is 35.5. The second kappa shape index (κ2) is 4.89. The summed E-state index contributed by atoms with van der Waals surface area (Å²) in [7, 11) is 0. The average molecular weight is 304 g/mol. The number of nitrogens with zero attached hydrogens (tertiary/aromatic N) is 1. The van der Waals surface area contributed by atoms with Crippen LogP contribution in [0.15, 0.2) is 42.5 Å². The van der Waals surface area contributed by atoms with Crippen LogP contribution in [-0.2, 0) is 0 Å². The Morgan fingerprint density at radius 2 is 1.95 bits per heavy atom. The van der Waals surface area contributed by atoms with Gasteiger partial charge in [0.2, 0.25) is 0 Å². The maximum absolute atomic E-state index is 10.9. The summed E-state index contributed by atoms with van der Waals surface area (Å²) < 4.78 is 1.16. The number of thiophene rings is 1. The first-order chi connectivity index (χ1) is 9.58. The minimum atomic E-state index is -0.400. The number of fused-ring (bicyclic) bond motifs is 1. The number of rotatable bonds is 2. The number of halogens is 1. The van der Waals surface area contributed by atoms with Gasteiger partial charge < -0.3 is 0 Å². The van der Waals surface area contributed by atoms with Gasteiger partial charge in [0.1, 0.15) is 0 Å². The zero-order valence-electron chi connectivity index (χ0n) is 10.6. The molecule has 0 aliphatic carbocycles. The molecule has 1 aromatic heterocycles. The Morgan fingerprint density at radius 1 is 1.20 bits per heavy atom. The van der Waals surface area contributed by atoms with E-state index in [0.29, 0.717) is 5.02 Å². The lowest BCUT2D eigenvalue weighted by Crippen LogP contribution is -1.88. The molecule has 3 nitrogen and oxygen atoms in total. The summed E-state index contributed by atoms with van der Waals surface area (Å²) in [4.78, 5) is 11.5. The van der Waals surface area contributed by atoms with Gasteiger partial charge in [-0.1, -0.05) is 29.8 Å². The molecule has 1 heterocycles. The summed E-state index contributed by atoms with van der Waals surface area (Å²) in [5, 5.41) is 12.6. The van der Waals surface area contributed by atoms with Crippen LogP contribution in [0.5, 0.6) is 0 Å². The van der Waals surface area contributed by atoms with Crippen molar-refractivity contribution in [3.8, 4) is 10.4 Å². The van der Waals surface area contributed by atoms with E-state index in [-0.39, 0.29) is 5.69 Å². The second-order valence-corrected chi connectivity index (χ2v) is 5.93. The molecule has 2 aromatic carbocycles. The molecule has 3 rings (SSSR count). The van der Waals surface area contributed by atoms with E-state index in [4.69, 9.17) is 11.6 Å². The molecule has 0 fully saturated rings. The summed E-state index contributed by atoms with van der Waals surface area (Å²) >= 11 is 7.82. The average Bonchev–Trinajstić information content (AvgIpc) is 2.77. The smallest absolute Gasteiger partial charge is 0.258 e. The normalized spacial score (nSPS) is 10.9. The van der Waals surface area contributed by atoms with Crippen LogP contribution < -0.4 is 0 Å². The Kier molecular flexibility index (Phi) is 3.20. The number of benzene rings is 2. The van der Waals surface area contributed by atoms with Crippen LogP contribution in [0.2, 0.25) is 5.02 Å². The van der Waals surface area contributed by atoms with Crippen molar-refractivity contribution < 1.29 is 4.92 Å². The van der Waals surface area contributed by atoms with Crippen LogP contribution in [0.25, 0.3) is 20.5 Å². The number of nitro benzene ring substituents is 1. The third-order valence-corrected chi connectivity index (χ3v) is 4.88. The zero-order chi connectivity index (χ0) is 14.3. The van der Waals surface area contributed by atoms with Crippen molar-refractivity contribution in [1.82, 2.24) is 0 Å². The van der Waals surface area contributed by atoms with Crippen LogP contribution in [0, 0.1) is 17.0 Å². The van der Waals surface area contributed by atoms with E-state index in [1.165, 1.54) is 6.07 Å². The maximum atomic E-state index is 10.9. The van der Waals surface area contributed by atoms with Gasteiger partial charge in [-0.2, -0.15) is 0 Å². The number of nitro groups is 1. The Bertz CT molecular complexity index is 826. The van der Waals surface area contributed by atoms with Crippen molar-refractivity contribution in [2.75, 3.05) is 0 Å². The quantitative estimate of drug-likeness (QED) is 0.467. The van der Waals surface area contributed by atoms with Crippen LogP contribution in [0.4, 0.5) is 5.69 Å². The van der Waals surface area contributed by atoms with E-state index < -0.39 is 4.92 Å². The molecule has 100 valence electrons. The van der Waals surface area contributed by atoms with E-state index in [1.54, 1.807) is 23.5 Å². The molecule has 20 heavy (non-hydrogen) atoms. The van der Waals surface area contributed by atoms with Gasteiger partial charge in [0.25, 0.3) is 5.69 Å². The number of non-ortho nitro benzene ring substituents is 1. The standard InChI is InChI=1S/C15H10ClNO2S/c1-9-11-4-2-3-5-14(11)20-15(9)12-8-10(17(18)19)6-7-13(12)16/h2-8H,1H3. The summed E-state index contributed by atoms with van der Waals surface area (Å²) in [5.41, 5.74) is 1.88. The molecule has 0 unspecified atom stereocenters. The molecule has 0 N–H and O–H groups in total. The molecule has 0 aliphatic heterocycles. The van der Waals surface area contributed by atoms with Gasteiger partial charge in [-0.15, -0.1) is 11.3 Å². The highest BCUT2D eigenvalue weighted by molar-refractivity contribution is 7.22. The van der Waals surface area contributed by atoms with Crippen molar-refractivity contribution in [3.05, 3.63) is 63.2 Å². The lowest BCUT2D eigenvalue weighted by molar-refractivity contribution is -0.384. The molecule has 0 aliphatic rings. The first-order valence-electron chi connectivity index (χ1n) is 6.00. The predicted molar refractivity (Wildman–Crippen MR) is 83.7 cm³/mol. The summed E-state index contributed by atoms with van der Waals surface area (Å²) in [6.45, 7) is 2.02. The first-order valence-corrected chi connectivity index (χ1v) is 7.20. The van der Waals surface area contributed by atoms with Gasteiger partial charge in [-0.3, -0.25) is 10.1 Å². The molecule has 0 saturated heterocycles. The molecular weight excluding hydrogens is 294 g/mol. The van der Waals surface area contributed by atoms with Gasteiger partial charge in [0, 0.05) is 32.3 Å². The Labute approximate surface area is 124 Å². The molecule has 0 amide bonds. The first kappa shape index (κ1) is 13.1. The van der Waals surface area contributed by atoms with Crippen LogP contribution >= 0.6 is 22.9 Å². The van der Waals surface area contributed by atoms with Gasteiger partial charge in [0.15, 0.2) is 0 Å². The van der Waals surface area contributed by atoms with E-state index in [2.05, 4.69) is 6.07 Å². The topological polar surface area (TPSA) is 43.1 Å². The van der Waals surface area contributed by atoms with Gasteiger partial charge >= 0.3 is 0 Å². The molecule has 3 aromatic rings. The third kappa shape index (κ3) is 2.07.